The minimum Gasteiger partial charge on any atom is -0.375 e. The first-order valence-corrected chi connectivity index (χ1v) is 7.13. The number of carbonyl (C=O) groups is 2. The lowest BCUT2D eigenvalue weighted by Gasteiger charge is -2.11. The molecule has 1 aromatic heterocycles. The summed E-state index contributed by atoms with van der Waals surface area (Å²) in [7, 11) is 1.46. The molecular formula is C17H19N3O3. The van der Waals surface area contributed by atoms with E-state index in [1.54, 1.807) is 43.5 Å². The van der Waals surface area contributed by atoms with Crippen molar-refractivity contribution in [3.63, 3.8) is 0 Å². The zero-order valence-corrected chi connectivity index (χ0v) is 13.3. The Hall–Kier alpha value is -2.73. The highest BCUT2D eigenvalue weighted by molar-refractivity contribution is 6.05. The smallest absolute Gasteiger partial charge is 0.257 e. The Balaban J connectivity index is 2.10. The van der Waals surface area contributed by atoms with Gasteiger partial charge >= 0.3 is 0 Å². The van der Waals surface area contributed by atoms with Crippen LogP contribution in [0.1, 0.15) is 21.6 Å². The summed E-state index contributed by atoms with van der Waals surface area (Å²) in [4.78, 5) is 27.9. The van der Waals surface area contributed by atoms with E-state index in [0.717, 1.165) is 5.56 Å². The van der Waals surface area contributed by atoms with Crippen LogP contribution in [0.2, 0.25) is 0 Å². The minimum atomic E-state index is -0.224. The van der Waals surface area contributed by atoms with Crippen molar-refractivity contribution in [2.75, 3.05) is 24.4 Å². The summed E-state index contributed by atoms with van der Waals surface area (Å²) in [6.45, 7) is 3.64. The molecule has 23 heavy (non-hydrogen) atoms. The largest absolute Gasteiger partial charge is 0.375 e. The van der Waals surface area contributed by atoms with E-state index < -0.39 is 0 Å². The van der Waals surface area contributed by atoms with E-state index in [-0.39, 0.29) is 18.4 Å². The van der Waals surface area contributed by atoms with Gasteiger partial charge in [0.2, 0.25) is 5.91 Å². The molecule has 0 fully saturated rings. The van der Waals surface area contributed by atoms with Crippen molar-refractivity contribution in [2.24, 2.45) is 0 Å². The van der Waals surface area contributed by atoms with Crippen LogP contribution >= 0.6 is 0 Å². The molecule has 0 saturated carbocycles. The molecule has 0 aliphatic carbocycles. The summed E-state index contributed by atoms with van der Waals surface area (Å²) in [5.74, 6) is -0.440. The Morgan fingerprint density at radius 3 is 2.61 bits per heavy atom. The number of methoxy groups -OCH3 is 1. The molecular weight excluding hydrogens is 294 g/mol. The molecule has 2 aromatic rings. The Kier molecular flexibility index (Phi) is 5.43. The first-order valence-electron chi connectivity index (χ1n) is 7.13. The van der Waals surface area contributed by atoms with Crippen molar-refractivity contribution in [3.8, 4) is 0 Å². The summed E-state index contributed by atoms with van der Waals surface area (Å²) >= 11 is 0. The van der Waals surface area contributed by atoms with E-state index in [2.05, 4.69) is 15.6 Å². The van der Waals surface area contributed by atoms with Gasteiger partial charge in [0, 0.05) is 30.4 Å². The van der Waals surface area contributed by atoms with Crippen molar-refractivity contribution in [1.82, 2.24) is 4.98 Å². The predicted molar refractivity (Wildman–Crippen MR) is 88.6 cm³/mol. The molecule has 2 rings (SSSR count). The highest BCUT2D eigenvalue weighted by Gasteiger charge is 2.11. The van der Waals surface area contributed by atoms with E-state index in [9.17, 15) is 9.59 Å². The molecule has 0 atom stereocenters. The fraction of sp³-hybridized carbons (Fsp3) is 0.235. The van der Waals surface area contributed by atoms with Crippen molar-refractivity contribution in [2.45, 2.75) is 13.8 Å². The van der Waals surface area contributed by atoms with Crippen LogP contribution in [0.3, 0.4) is 0 Å². The molecule has 0 aliphatic rings. The second-order valence-electron chi connectivity index (χ2n) is 5.10. The van der Waals surface area contributed by atoms with Crippen LogP contribution in [0, 0.1) is 13.8 Å². The van der Waals surface area contributed by atoms with Gasteiger partial charge in [-0.2, -0.15) is 0 Å². The maximum Gasteiger partial charge on any atom is 0.257 e. The highest BCUT2D eigenvalue weighted by Crippen LogP contribution is 2.20. The molecule has 0 radical (unpaired) electrons. The fourth-order valence-electron chi connectivity index (χ4n) is 2.12. The number of anilines is 2. The number of nitrogens with zero attached hydrogens (tertiary/aromatic N) is 1. The van der Waals surface area contributed by atoms with Gasteiger partial charge in [-0.3, -0.25) is 14.6 Å². The Bertz CT molecular complexity index is 729. The van der Waals surface area contributed by atoms with Crippen LogP contribution in [0.25, 0.3) is 0 Å². The summed E-state index contributed by atoms with van der Waals surface area (Å²) in [6.07, 6.45) is 1.65. The average molecular weight is 313 g/mol. The Morgan fingerprint density at radius 1 is 1.17 bits per heavy atom. The molecule has 2 N–H and O–H groups in total. The van der Waals surface area contributed by atoms with Gasteiger partial charge in [0.05, 0.1) is 5.56 Å². The molecule has 1 heterocycles. The van der Waals surface area contributed by atoms with Crippen LogP contribution in [0.15, 0.2) is 36.5 Å². The molecule has 6 nitrogen and oxygen atoms in total. The lowest BCUT2D eigenvalue weighted by Crippen LogP contribution is -2.18. The number of pyridine rings is 1. The zero-order valence-electron chi connectivity index (χ0n) is 13.3. The van der Waals surface area contributed by atoms with Crippen LogP contribution < -0.4 is 10.6 Å². The van der Waals surface area contributed by atoms with Gasteiger partial charge in [0.25, 0.3) is 5.91 Å². The lowest BCUT2D eigenvalue weighted by atomic mass is 10.1. The summed E-state index contributed by atoms with van der Waals surface area (Å²) in [6, 6.07) is 8.73. The molecule has 2 amide bonds. The predicted octanol–water partition coefficient (Wildman–Crippen LogP) is 2.54. The number of amides is 2. The molecule has 0 spiro atoms. The molecule has 120 valence electrons. The highest BCUT2D eigenvalue weighted by atomic mass is 16.5. The number of carbonyl (C=O) groups excluding carboxylic acids is 2. The number of nitrogens with one attached hydrogen (secondary N) is 2. The molecule has 0 unspecified atom stereocenters. The number of ether oxygens (including phenoxy) is 1. The maximum atomic E-state index is 12.3. The summed E-state index contributed by atoms with van der Waals surface area (Å²) in [5.41, 5.74) is 3.38. The van der Waals surface area contributed by atoms with Gasteiger partial charge in [0.1, 0.15) is 6.61 Å². The third-order valence-electron chi connectivity index (χ3n) is 3.29. The van der Waals surface area contributed by atoms with Crippen LogP contribution in [-0.2, 0) is 9.53 Å². The quantitative estimate of drug-likeness (QED) is 0.889. The maximum absolute atomic E-state index is 12.3. The SMILES string of the molecule is COCC(=O)Nc1ccc(NC(=O)c2cccnc2C)cc1C. The van der Waals surface area contributed by atoms with Crippen molar-refractivity contribution in [3.05, 3.63) is 53.3 Å². The average Bonchev–Trinajstić information content (AvgIpc) is 2.50. The standard InChI is InChI=1S/C17H19N3O3/c1-11-9-13(6-7-15(11)20-16(21)10-23-3)19-17(22)14-5-4-8-18-12(14)2/h4-9H,10H2,1-3H3,(H,19,22)(H,20,21). The second kappa shape index (κ2) is 7.51. The van der Waals surface area contributed by atoms with Crippen LogP contribution in [-0.4, -0.2) is 30.5 Å². The Morgan fingerprint density at radius 2 is 1.96 bits per heavy atom. The fourth-order valence-corrected chi connectivity index (χ4v) is 2.12. The van der Waals surface area contributed by atoms with E-state index >= 15 is 0 Å². The second-order valence-corrected chi connectivity index (χ2v) is 5.10. The van der Waals surface area contributed by atoms with E-state index in [0.29, 0.717) is 22.6 Å². The van der Waals surface area contributed by atoms with Gasteiger partial charge < -0.3 is 15.4 Å². The Labute approximate surface area is 134 Å². The van der Waals surface area contributed by atoms with Gasteiger partial charge in [-0.15, -0.1) is 0 Å². The molecule has 6 heteroatoms. The van der Waals surface area contributed by atoms with E-state index in [4.69, 9.17) is 4.74 Å². The number of hydrogen-bond acceptors (Lipinski definition) is 4. The van der Waals surface area contributed by atoms with Gasteiger partial charge in [-0.1, -0.05) is 0 Å². The van der Waals surface area contributed by atoms with Crippen molar-refractivity contribution < 1.29 is 14.3 Å². The number of hydrogen-bond donors (Lipinski definition) is 2. The molecule has 0 bridgehead atoms. The number of aromatic nitrogens is 1. The van der Waals surface area contributed by atoms with E-state index in [1.807, 2.05) is 6.92 Å². The number of benzene rings is 1. The number of aryl methyl sites for hydroxylation is 2. The summed E-state index contributed by atoms with van der Waals surface area (Å²) in [5, 5.41) is 5.58. The topological polar surface area (TPSA) is 80.3 Å². The first-order chi connectivity index (χ1) is 11.0. The van der Waals surface area contributed by atoms with Crippen LogP contribution in [0.5, 0.6) is 0 Å². The molecule has 1 aromatic carbocycles. The monoisotopic (exact) mass is 313 g/mol. The van der Waals surface area contributed by atoms with Crippen molar-refractivity contribution >= 4 is 23.2 Å². The van der Waals surface area contributed by atoms with Gasteiger partial charge in [-0.05, 0) is 49.7 Å². The minimum absolute atomic E-state index is 0.00177. The van der Waals surface area contributed by atoms with Gasteiger partial charge in [-0.25, -0.2) is 0 Å². The van der Waals surface area contributed by atoms with Crippen LogP contribution in [0.4, 0.5) is 11.4 Å². The first kappa shape index (κ1) is 16.6. The molecule has 0 aliphatic heterocycles. The van der Waals surface area contributed by atoms with Crippen molar-refractivity contribution in [1.29, 1.82) is 0 Å². The third-order valence-corrected chi connectivity index (χ3v) is 3.29. The lowest BCUT2D eigenvalue weighted by molar-refractivity contribution is -0.119. The normalized spacial score (nSPS) is 10.2. The third kappa shape index (κ3) is 4.37. The summed E-state index contributed by atoms with van der Waals surface area (Å²) < 4.78 is 4.78. The molecule has 0 saturated heterocycles. The number of rotatable bonds is 5. The van der Waals surface area contributed by atoms with E-state index in [1.165, 1.54) is 7.11 Å². The zero-order chi connectivity index (χ0) is 16.8. The van der Waals surface area contributed by atoms with Gasteiger partial charge in [0.15, 0.2) is 0 Å².